The molecule has 1 N–H and O–H groups in total. The molecule has 2 aromatic heterocycles. The van der Waals surface area contributed by atoms with E-state index < -0.39 is 16.1 Å². The lowest BCUT2D eigenvalue weighted by molar-refractivity contribution is 0.249. The van der Waals surface area contributed by atoms with Crippen molar-refractivity contribution in [3.8, 4) is 0 Å². The fraction of sp³-hybridized carbons (Fsp3) is 0.500. The molecule has 0 saturated carbocycles. The number of rotatable bonds is 6. The third-order valence-corrected chi connectivity index (χ3v) is 5.97. The van der Waals surface area contributed by atoms with Gasteiger partial charge in [-0.1, -0.05) is 32.0 Å². The molecule has 1 aromatic carbocycles. The van der Waals surface area contributed by atoms with E-state index in [1.54, 1.807) is 0 Å². The lowest BCUT2D eigenvalue weighted by Gasteiger charge is -2.22. The van der Waals surface area contributed by atoms with Gasteiger partial charge in [-0.25, -0.2) is 13.1 Å². The molecule has 8 nitrogen and oxygen atoms in total. The summed E-state index contributed by atoms with van der Waals surface area (Å²) in [6.45, 7) is 7.08. The van der Waals surface area contributed by atoms with Gasteiger partial charge < -0.3 is 8.98 Å². The first-order valence-electron chi connectivity index (χ1n) is 9.89. The quantitative estimate of drug-likeness (QED) is 0.662. The minimum Gasteiger partial charge on any atom is -0.460 e. The van der Waals surface area contributed by atoms with Crippen LogP contribution in [0.2, 0.25) is 0 Å². The summed E-state index contributed by atoms with van der Waals surface area (Å²) in [5.74, 6) is 2.59. The molecule has 1 atom stereocenters. The van der Waals surface area contributed by atoms with Crippen molar-refractivity contribution in [2.24, 2.45) is 5.92 Å². The highest BCUT2D eigenvalue weighted by atomic mass is 32.2. The van der Waals surface area contributed by atoms with Gasteiger partial charge in [0.2, 0.25) is 10.0 Å². The van der Waals surface area contributed by atoms with E-state index in [1.165, 1.54) is 6.26 Å². The van der Waals surface area contributed by atoms with Crippen LogP contribution in [0.5, 0.6) is 0 Å². The molecule has 0 saturated heterocycles. The van der Waals surface area contributed by atoms with Crippen molar-refractivity contribution < 1.29 is 12.8 Å². The van der Waals surface area contributed by atoms with E-state index in [9.17, 15) is 8.42 Å². The van der Waals surface area contributed by atoms with Crippen LogP contribution in [-0.2, 0) is 29.5 Å². The maximum atomic E-state index is 11.8. The minimum atomic E-state index is -3.35. The molecule has 156 valence electrons. The molecule has 0 bridgehead atoms. The van der Waals surface area contributed by atoms with E-state index in [0.29, 0.717) is 12.4 Å². The molecule has 3 heterocycles. The number of nitrogens with one attached hydrogen (secondary N) is 1. The van der Waals surface area contributed by atoms with Gasteiger partial charge in [0.25, 0.3) is 0 Å². The first-order valence-corrected chi connectivity index (χ1v) is 11.8. The lowest BCUT2D eigenvalue weighted by Crippen LogP contribution is -2.33. The summed E-state index contributed by atoms with van der Waals surface area (Å²) in [6.07, 6.45) is 1.94. The van der Waals surface area contributed by atoms with Gasteiger partial charge in [-0.05, 0) is 18.1 Å². The van der Waals surface area contributed by atoms with Crippen molar-refractivity contribution in [2.75, 3.05) is 19.3 Å². The average Bonchev–Trinajstić information content (AvgIpc) is 3.18. The fourth-order valence-electron chi connectivity index (χ4n) is 3.83. The van der Waals surface area contributed by atoms with Crippen LogP contribution >= 0.6 is 0 Å². The van der Waals surface area contributed by atoms with Crippen molar-refractivity contribution >= 4 is 21.0 Å². The fourth-order valence-corrected chi connectivity index (χ4v) is 4.67. The lowest BCUT2D eigenvalue weighted by atomic mass is 10.1. The van der Waals surface area contributed by atoms with Gasteiger partial charge in [0.1, 0.15) is 17.2 Å². The van der Waals surface area contributed by atoms with Crippen molar-refractivity contribution in [3.05, 3.63) is 47.7 Å². The number of hydrogen-bond donors (Lipinski definition) is 1. The standard InChI is InChI=1S/C20H27N5O3S/c1-14(2)19(23-29(3,26)27)20-22-21-18-8-9-24(10-11-25(18)20)13-16-12-15-6-4-5-7-17(15)28-16/h4-7,12,14,19,23H,8-11,13H2,1-3H3/t19-/m0/s1. The van der Waals surface area contributed by atoms with Crippen molar-refractivity contribution in [1.82, 2.24) is 24.4 Å². The molecular formula is C20H27N5O3S. The molecule has 29 heavy (non-hydrogen) atoms. The first kappa shape index (κ1) is 20.1. The van der Waals surface area contributed by atoms with Crippen LogP contribution in [-0.4, -0.2) is 47.4 Å². The van der Waals surface area contributed by atoms with Crippen molar-refractivity contribution in [2.45, 2.75) is 39.4 Å². The molecule has 0 unspecified atom stereocenters. The predicted molar refractivity (Wildman–Crippen MR) is 111 cm³/mol. The Morgan fingerprint density at radius 2 is 1.97 bits per heavy atom. The van der Waals surface area contributed by atoms with Crippen LogP contribution in [0.15, 0.2) is 34.7 Å². The van der Waals surface area contributed by atoms with Gasteiger partial charge in [-0.2, -0.15) is 0 Å². The molecule has 1 aliphatic heterocycles. The minimum absolute atomic E-state index is 0.0629. The van der Waals surface area contributed by atoms with E-state index in [2.05, 4.69) is 36.5 Å². The average molecular weight is 418 g/mol. The van der Waals surface area contributed by atoms with Gasteiger partial charge in [-0.3, -0.25) is 4.90 Å². The smallest absolute Gasteiger partial charge is 0.209 e. The van der Waals surface area contributed by atoms with Crippen LogP contribution in [0.4, 0.5) is 0 Å². The SMILES string of the molecule is CC(C)[C@H](NS(C)(=O)=O)c1nnc2n1CCN(Cc1cc3ccccc3o1)CC2. The topological polar surface area (TPSA) is 93.3 Å². The number of furan rings is 1. The number of hydrogen-bond acceptors (Lipinski definition) is 6. The zero-order valence-electron chi connectivity index (χ0n) is 17.0. The Morgan fingerprint density at radius 3 is 2.69 bits per heavy atom. The Labute approximate surface area is 171 Å². The molecule has 9 heteroatoms. The number of para-hydroxylation sites is 1. The number of nitrogens with zero attached hydrogens (tertiary/aromatic N) is 4. The van der Waals surface area contributed by atoms with Gasteiger partial charge in [-0.15, -0.1) is 10.2 Å². The van der Waals surface area contributed by atoms with Crippen LogP contribution in [0.25, 0.3) is 11.0 Å². The number of fused-ring (bicyclic) bond motifs is 2. The van der Waals surface area contributed by atoms with Crippen LogP contribution < -0.4 is 4.72 Å². The number of aromatic nitrogens is 3. The van der Waals surface area contributed by atoms with Gasteiger partial charge in [0.15, 0.2) is 5.82 Å². The maximum Gasteiger partial charge on any atom is 0.209 e. The molecule has 3 aromatic rings. The van der Waals surface area contributed by atoms with Gasteiger partial charge in [0.05, 0.1) is 18.8 Å². The van der Waals surface area contributed by atoms with Gasteiger partial charge in [0, 0.05) is 31.4 Å². The second-order valence-corrected chi connectivity index (χ2v) is 9.79. The summed E-state index contributed by atoms with van der Waals surface area (Å²) in [5, 5.41) is 9.80. The van der Waals surface area contributed by atoms with E-state index in [-0.39, 0.29) is 5.92 Å². The molecule has 4 rings (SSSR count). The summed E-state index contributed by atoms with van der Waals surface area (Å²) < 4.78 is 34.4. The Balaban J connectivity index is 1.50. The Kier molecular flexibility index (Phi) is 5.46. The van der Waals surface area contributed by atoms with E-state index in [0.717, 1.165) is 48.6 Å². The van der Waals surface area contributed by atoms with E-state index >= 15 is 0 Å². The molecule has 0 fully saturated rings. The van der Waals surface area contributed by atoms with Crippen LogP contribution in [0, 0.1) is 5.92 Å². The first-order chi connectivity index (χ1) is 13.8. The molecule has 0 radical (unpaired) electrons. The predicted octanol–water partition coefficient (Wildman–Crippen LogP) is 2.33. The third kappa shape index (κ3) is 4.52. The third-order valence-electron chi connectivity index (χ3n) is 5.29. The number of benzene rings is 1. The van der Waals surface area contributed by atoms with E-state index in [1.807, 2.05) is 32.0 Å². The number of sulfonamides is 1. The Bertz CT molecular complexity index is 1070. The largest absolute Gasteiger partial charge is 0.460 e. The Hall–Kier alpha value is -2.23. The highest BCUT2D eigenvalue weighted by Gasteiger charge is 2.28. The summed E-state index contributed by atoms with van der Waals surface area (Å²) >= 11 is 0. The second-order valence-electron chi connectivity index (χ2n) is 8.01. The highest BCUT2D eigenvalue weighted by molar-refractivity contribution is 7.88. The van der Waals surface area contributed by atoms with Crippen LogP contribution in [0.3, 0.4) is 0 Å². The molecule has 0 amide bonds. The second kappa shape index (κ2) is 7.89. The summed E-state index contributed by atoms with van der Waals surface area (Å²) in [7, 11) is -3.35. The van der Waals surface area contributed by atoms with Crippen molar-refractivity contribution in [1.29, 1.82) is 0 Å². The van der Waals surface area contributed by atoms with E-state index in [4.69, 9.17) is 4.42 Å². The summed E-state index contributed by atoms with van der Waals surface area (Å²) in [5.41, 5.74) is 0.906. The van der Waals surface area contributed by atoms with Gasteiger partial charge >= 0.3 is 0 Å². The molecule has 1 aliphatic rings. The molecule has 0 aliphatic carbocycles. The summed E-state index contributed by atoms with van der Waals surface area (Å²) in [6, 6.07) is 9.72. The van der Waals surface area contributed by atoms with Crippen LogP contribution in [0.1, 0.15) is 37.3 Å². The Morgan fingerprint density at radius 1 is 1.17 bits per heavy atom. The molecular weight excluding hydrogens is 390 g/mol. The maximum absolute atomic E-state index is 11.8. The monoisotopic (exact) mass is 417 g/mol. The summed E-state index contributed by atoms with van der Waals surface area (Å²) in [4.78, 5) is 2.34. The normalized spacial score (nSPS) is 16.8. The highest BCUT2D eigenvalue weighted by Crippen LogP contribution is 2.24. The molecule has 0 spiro atoms. The zero-order valence-corrected chi connectivity index (χ0v) is 17.8. The van der Waals surface area contributed by atoms with Crippen molar-refractivity contribution in [3.63, 3.8) is 0 Å². The zero-order chi connectivity index (χ0) is 20.6.